The third-order valence-corrected chi connectivity index (χ3v) is 8.08. The van der Waals surface area contributed by atoms with Crippen molar-refractivity contribution in [2.24, 2.45) is 0 Å². The average Bonchev–Trinajstić information content (AvgIpc) is 3.24. The number of piperidine rings is 1. The zero-order valence-corrected chi connectivity index (χ0v) is 19.6. The molecule has 1 aromatic carbocycles. The van der Waals surface area contributed by atoms with Crippen LogP contribution in [0.5, 0.6) is 0 Å². The molecule has 2 aromatic rings. The molecule has 3 aliphatic heterocycles. The van der Waals surface area contributed by atoms with Crippen LogP contribution in [-0.2, 0) is 5.41 Å². The molecule has 2 atom stereocenters. The van der Waals surface area contributed by atoms with E-state index in [1.54, 1.807) is 17.0 Å². The smallest absolute Gasteiger partial charge is 0.407 e. The summed E-state index contributed by atoms with van der Waals surface area (Å²) in [5, 5.41) is 16.4. The fourth-order valence-electron chi connectivity index (χ4n) is 5.66. The number of para-hydroxylation sites is 1. The quantitative estimate of drug-likeness (QED) is 0.681. The summed E-state index contributed by atoms with van der Waals surface area (Å²) in [5.41, 5.74) is 0.478. The number of carboxylic acid groups (broad SMARTS) is 1. The van der Waals surface area contributed by atoms with Crippen molar-refractivity contribution in [1.82, 2.24) is 19.9 Å². The molecule has 1 aromatic heterocycles. The van der Waals surface area contributed by atoms with Crippen LogP contribution in [0.4, 0.5) is 25.4 Å². The lowest BCUT2D eigenvalue weighted by Crippen LogP contribution is -2.49. The first-order valence-corrected chi connectivity index (χ1v) is 12.3. The van der Waals surface area contributed by atoms with Crippen molar-refractivity contribution in [2.75, 3.05) is 36.4 Å². The van der Waals surface area contributed by atoms with Gasteiger partial charge in [0.1, 0.15) is 11.5 Å². The number of urea groups is 1. The Kier molecular flexibility index (Phi) is 5.12. The molecule has 1 aliphatic carbocycles. The van der Waals surface area contributed by atoms with Gasteiger partial charge in [-0.1, -0.05) is 18.1 Å². The molecule has 4 aliphatic rings. The number of nitrogens with zero attached hydrogens (tertiary/aromatic N) is 5. The number of hydrogen-bond acceptors (Lipinski definition) is 6. The fraction of sp³-hybridized carbons (Fsp3) is 0.583. The summed E-state index contributed by atoms with van der Waals surface area (Å²) in [6.45, 7) is 3.97. The predicted octanol–water partition coefficient (Wildman–Crippen LogP) is 3.61. The van der Waals surface area contributed by atoms with Crippen LogP contribution in [0.2, 0.25) is 0 Å². The molecule has 6 rings (SSSR count). The number of anilines is 2. The third-order valence-electron chi connectivity index (χ3n) is 8.08. The molecule has 35 heavy (non-hydrogen) atoms. The van der Waals surface area contributed by atoms with E-state index in [1.807, 2.05) is 4.90 Å². The first kappa shape index (κ1) is 22.1. The van der Waals surface area contributed by atoms with Gasteiger partial charge in [-0.15, -0.1) is 0 Å². The van der Waals surface area contributed by atoms with E-state index in [1.165, 1.54) is 11.0 Å². The Morgan fingerprint density at radius 2 is 1.97 bits per heavy atom. The zero-order chi connectivity index (χ0) is 24.3. The van der Waals surface area contributed by atoms with E-state index in [2.05, 4.69) is 22.4 Å². The van der Waals surface area contributed by atoms with Crippen LogP contribution < -0.4 is 10.2 Å². The minimum absolute atomic E-state index is 0.0280. The number of halogens is 1. The number of nitrogens with one attached hydrogen (secondary N) is 1. The van der Waals surface area contributed by atoms with Gasteiger partial charge in [0.2, 0.25) is 5.89 Å². The lowest BCUT2D eigenvalue weighted by molar-refractivity contribution is 0.137. The molecule has 186 valence electrons. The number of aromatic nitrogens is 2. The molecule has 4 heterocycles. The molecule has 1 saturated carbocycles. The van der Waals surface area contributed by atoms with Gasteiger partial charge in [0, 0.05) is 43.6 Å². The second-order valence-electron chi connectivity index (χ2n) is 10.5. The summed E-state index contributed by atoms with van der Waals surface area (Å²) in [6, 6.07) is 4.24. The highest BCUT2D eigenvalue weighted by Gasteiger charge is 2.46. The van der Waals surface area contributed by atoms with E-state index in [0.717, 1.165) is 18.7 Å². The van der Waals surface area contributed by atoms with Crippen LogP contribution in [0.3, 0.4) is 0 Å². The van der Waals surface area contributed by atoms with E-state index >= 15 is 0 Å². The summed E-state index contributed by atoms with van der Waals surface area (Å²) < 4.78 is 20.3. The Balaban J connectivity index is 1.13. The maximum Gasteiger partial charge on any atom is 0.407 e. The lowest BCUT2D eigenvalue weighted by atomic mass is 9.80. The molecular weight excluding hydrogens is 455 g/mol. The van der Waals surface area contributed by atoms with Crippen molar-refractivity contribution < 1.29 is 23.6 Å². The Bertz CT molecular complexity index is 1160. The highest BCUT2D eigenvalue weighted by Crippen LogP contribution is 2.42. The average molecular weight is 485 g/mol. The summed E-state index contributed by atoms with van der Waals surface area (Å²) in [4.78, 5) is 34.3. The van der Waals surface area contributed by atoms with Gasteiger partial charge in [0.25, 0.3) is 0 Å². The number of fused-ring (bicyclic) bond motifs is 2. The van der Waals surface area contributed by atoms with Crippen molar-refractivity contribution >= 4 is 23.5 Å². The normalized spacial score (nSPS) is 25.3. The highest BCUT2D eigenvalue weighted by molar-refractivity contribution is 5.93. The Labute approximate surface area is 202 Å². The van der Waals surface area contributed by atoms with Crippen molar-refractivity contribution in [2.45, 2.75) is 62.4 Å². The van der Waals surface area contributed by atoms with Gasteiger partial charge in [0.05, 0.1) is 11.7 Å². The van der Waals surface area contributed by atoms with Crippen LogP contribution in [0.25, 0.3) is 0 Å². The van der Waals surface area contributed by atoms with Crippen LogP contribution in [-0.4, -0.2) is 75.4 Å². The minimum Gasteiger partial charge on any atom is -0.465 e. The Morgan fingerprint density at radius 3 is 2.63 bits per heavy atom. The Hall–Kier alpha value is -3.37. The van der Waals surface area contributed by atoms with Crippen molar-refractivity contribution in [1.29, 1.82) is 0 Å². The molecule has 0 unspecified atom stereocenters. The molecule has 10 nitrogen and oxygen atoms in total. The summed E-state index contributed by atoms with van der Waals surface area (Å²) in [5.74, 6) is 1.32. The van der Waals surface area contributed by atoms with Gasteiger partial charge in [-0.25, -0.2) is 14.0 Å². The van der Waals surface area contributed by atoms with Crippen molar-refractivity contribution in [3.8, 4) is 0 Å². The van der Waals surface area contributed by atoms with Crippen molar-refractivity contribution in [3.63, 3.8) is 0 Å². The van der Waals surface area contributed by atoms with Gasteiger partial charge >= 0.3 is 12.1 Å². The van der Waals surface area contributed by atoms with Crippen molar-refractivity contribution in [3.05, 3.63) is 35.7 Å². The first-order chi connectivity index (χ1) is 16.8. The number of benzene rings is 1. The molecule has 3 saturated heterocycles. The number of likely N-dealkylation sites (tertiary alicyclic amines) is 2. The van der Waals surface area contributed by atoms with Gasteiger partial charge in [-0.3, -0.25) is 0 Å². The van der Waals surface area contributed by atoms with Gasteiger partial charge in [0.15, 0.2) is 5.82 Å². The van der Waals surface area contributed by atoms with E-state index in [4.69, 9.17) is 4.52 Å². The maximum atomic E-state index is 14.9. The predicted molar refractivity (Wildman–Crippen MR) is 124 cm³/mol. The standard InChI is InChI=1S/C24H29FN6O4/c1-24(21-27-20(35-28-21)14-5-6-14)7-9-29(10-8-24)22(32)26-19-17(25)3-2-4-18(19)30-12-16-11-15(30)13-31(16)23(33)34/h2-4,14-16H,5-13H2,1H3,(H,26,32)(H,33,34)/t15-,16-/m0/s1. The lowest BCUT2D eigenvalue weighted by Gasteiger charge is -2.38. The first-order valence-electron chi connectivity index (χ1n) is 12.3. The van der Waals surface area contributed by atoms with E-state index < -0.39 is 11.9 Å². The summed E-state index contributed by atoms with van der Waals surface area (Å²) >= 11 is 0. The van der Waals surface area contributed by atoms with E-state index in [0.29, 0.717) is 62.9 Å². The van der Waals surface area contributed by atoms with Gasteiger partial charge in [-0.2, -0.15) is 4.98 Å². The number of hydrogen-bond donors (Lipinski definition) is 2. The molecule has 2 N–H and O–H groups in total. The van der Waals surface area contributed by atoms with Crippen LogP contribution in [0.1, 0.15) is 56.7 Å². The molecule has 4 fully saturated rings. The topological polar surface area (TPSA) is 115 Å². The summed E-state index contributed by atoms with van der Waals surface area (Å²) in [6.07, 6.45) is 3.36. The number of carbonyl (C=O) groups excluding carboxylic acids is 1. The molecule has 0 spiro atoms. The SMILES string of the molecule is CC1(c2noc(C3CC3)n2)CCN(C(=O)Nc2c(F)cccc2N2C[C@@H]3C[C@H]2CN3C(=O)O)CC1. The zero-order valence-electron chi connectivity index (χ0n) is 19.6. The van der Waals surface area contributed by atoms with Crippen LogP contribution >= 0.6 is 0 Å². The van der Waals surface area contributed by atoms with Crippen LogP contribution in [0.15, 0.2) is 22.7 Å². The second-order valence-corrected chi connectivity index (χ2v) is 10.5. The van der Waals surface area contributed by atoms with Gasteiger partial charge < -0.3 is 29.6 Å². The number of amides is 3. The molecule has 0 radical (unpaired) electrons. The Morgan fingerprint density at radius 1 is 1.20 bits per heavy atom. The number of piperazine rings is 1. The molecular formula is C24H29FN6O4. The summed E-state index contributed by atoms with van der Waals surface area (Å²) in [7, 11) is 0. The van der Waals surface area contributed by atoms with E-state index in [9.17, 15) is 19.1 Å². The third kappa shape index (κ3) is 3.86. The second kappa shape index (κ2) is 8.10. The maximum absolute atomic E-state index is 14.9. The fourth-order valence-corrected chi connectivity index (χ4v) is 5.66. The van der Waals surface area contributed by atoms with Gasteiger partial charge in [-0.05, 0) is 44.2 Å². The minimum atomic E-state index is -0.924. The highest BCUT2D eigenvalue weighted by atomic mass is 19.1. The number of carbonyl (C=O) groups is 2. The largest absolute Gasteiger partial charge is 0.465 e. The van der Waals surface area contributed by atoms with E-state index in [-0.39, 0.29) is 29.2 Å². The van der Waals surface area contributed by atoms with Crippen LogP contribution in [0, 0.1) is 5.82 Å². The monoisotopic (exact) mass is 484 g/mol. The number of rotatable bonds is 4. The molecule has 3 amide bonds. The molecule has 11 heteroatoms. The molecule has 2 bridgehead atoms.